The maximum absolute atomic E-state index is 11.2. The highest BCUT2D eigenvalue weighted by atomic mass is 32.1. The number of nitrogens with zero attached hydrogens (tertiary/aromatic N) is 4. The molecule has 0 aliphatic carbocycles. The SMILES string of the molecule is COc1ccc(-c2nn3c(-c4cnc(=O)[nH]c4)c(C)nc3s2)cc1OC. The number of methoxy groups -OCH3 is 2. The minimum atomic E-state index is -0.392. The van der Waals surface area contributed by atoms with E-state index in [1.54, 1.807) is 24.9 Å². The average Bonchev–Trinajstić information content (AvgIpc) is 3.18. The number of H-pyrrole nitrogens is 1. The van der Waals surface area contributed by atoms with Crippen LogP contribution in [0, 0.1) is 6.92 Å². The van der Waals surface area contributed by atoms with Crippen molar-refractivity contribution >= 4 is 16.3 Å². The number of hydrogen-bond donors (Lipinski definition) is 1. The van der Waals surface area contributed by atoms with Gasteiger partial charge in [0.2, 0.25) is 4.96 Å². The Morgan fingerprint density at radius 1 is 1.15 bits per heavy atom. The van der Waals surface area contributed by atoms with Crippen molar-refractivity contribution in [1.29, 1.82) is 0 Å². The van der Waals surface area contributed by atoms with E-state index >= 15 is 0 Å². The van der Waals surface area contributed by atoms with Crippen molar-refractivity contribution in [1.82, 2.24) is 24.6 Å². The van der Waals surface area contributed by atoms with Gasteiger partial charge in [-0.05, 0) is 25.1 Å². The third-order valence-electron chi connectivity index (χ3n) is 3.95. The van der Waals surface area contributed by atoms with Crippen LogP contribution in [0.15, 0.2) is 35.4 Å². The van der Waals surface area contributed by atoms with Crippen molar-refractivity contribution in [2.75, 3.05) is 14.2 Å². The second-order valence-corrected chi connectivity index (χ2v) is 6.48. The molecule has 1 N–H and O–H groups in total. The van der Waals surface area contributed by atoms with Gasteiger partial charge in [0.1, 0.15) is 5.01 Å². The molecule has 0 aliphatic rings. The Hall–Kier alpha value is -3.20. The lowest BCUT2D eigenvalue weighted by molar-refractivity contribution is 0.355. The minimum absolute atomic E-state index is 0.392. The molecule has 8 nitrogen and oxygen atoms in total. The molecule has 132 valence electrons. The summed E-state index contributed by atoms with van der Waals surface area (Å²) in [5, 5.41) is 5.49. The minimum Gasteiger partial charge on any atom is -0.493 e. The monoisotopic (exact) mass is 369 g/mol. The van der Waals surface area contributed by atoms with Crippen LogP contribution in [-0.4, -0.2) is 38.8 Å². The lowest BCUT2D eigenvalue weighted by Crippen LogP contribution is -2.08. The van der Waals surface area contributed by atoms with Crippen LogP contribution in [0.3, 0.4) is 0 Å². The summed E-state index contributed by atoms with van der Waals surface area (Å²) in [5.74, 6) is 1.30. The number of nitrogens with one attached hydrogen (secondary N) is 1. The first-order chi connectivity index (χ1) is 12.6. The number of imidazole rings is 1. The number of ether oxygens (including phenoxy) is 2. The lowest BCUT2D eigenvalue weighted by Gasteiger charge is -2.08. The first kappa shape index (κ1) is 16.3. The zero-order chi connectivity index (χ0) is 18.3. The first-order valence-electron chi connectivity index (χ1n) is 7.74. The van der Waals surface area contributed by atoms with Crippen LogP contribution in [0.25, 0.3) is 26.8 Å². The quantitative estimate of drug-likeness (QED) is 0.594. The molecule has 1 aromatic carbocycles. The lowest BCUT2D eigenvalue weighted by atomic mass is 10.2. The second kappa shape index (κ2) is 6.26. The molecule has 4 rings (SSSR count). The molecule has 0 saturated heterocycles. The van der Waals surface area contributed by atoms with E-state index in [-0.39, 0.29) is 0 Å². The van der Waals surface area contributed by atoms with Crippen molar-refractivity contribution in [2.45, 2.75) is 6.92 Å². The van der Waals surface area contributed by atoms with Crippen molar-refractivity contribution in [2.24, 2.45) is 0 Å². The highest BCUT2D eigenvalue weighted by Crippen LogP contribution is 2.35. The van der Waals surface area contributed by atoms with Crippen molar-refractivity contribution < 1.29 is 9.47 Å². The molecule has 0 unspecified atom stereocenters. The topological polar surface area (TPSA) is 94.4 Å². The van der Waals surface area contributed by atoms with Gasteiger partial charge in [-0.2, -0.15) is 5.10 Å². The van der Waals surface area contributed by atoms with Crippen molar-refractivity contribution in [3.05, 3.63) is 46.8 Å². The van der Waals surface area contributed by atoms with Gasteiger partial charge < -0.3 is 14.5 Å². The van der Waals surface area contributed by atoms with E-state index in [0.717, 1.165) is 32.5 Å². The molecule has 4 aromatic rings. The van der Waals surface area contributed by atoms with E-state index in [1.165, 1.54) is 17.5 Å². The smallest absolute Gasteiger partial charge is 0.344 e. The molecule has 0 bridgehead atoms. The Morgan fingerprint density at radius 3 is 2.65 bits per heavy atom. The predicted molar refractivity (Wildman–Crippen MR) is 98.0 cm³/mol. The molecule has 3 aromatic heterocycles. The van der Waals surface area contributed by atoms with Gasteiger partial charge in [-0.3, -0.25) is 0 Å². The maximum Gasteiger partial charge on any atom is 0.344 e. The highest BCUT2D eigenvalue weighted by Gasteiger charge is 2.17. The third kappa shape index (κ3) is 2.62. The van der Waals surface area contributed by atoms with Crippen molar-refractivity contribution in [3.63, 3.8) is 0 Å². The summed E-state index contributed by atoms with van der Waals surface area (Å²) in [6.45, 7) is 1.90. The van der Waals surface area contributed by atoms with Crippen LogP contribution in [0.2, 0.25) is 0 Å². The third-order valence-corrected chi connectivity index (χ3v) is 4.91. The Balaban J connectivity index is 1.84. The molecule has 0 atom stereocenters. The fourth-order valence-electron chi connectivity index (χ4n) is 2.74. The van der Waals surface area contributed by atoms with Crippen LogP contribution in [0.1, 0.15) is 5.69 Å². The second-order valence-electron chi connectivity index (χ2n) is 5.52. The number of aryl methyl sites for hydroxylation is 1. The molecule has 0 aliphatic heterocycles. The largest absolute Gasteiger partial charge is 0.493 e. The fourth-order valence-corrected chi connectivity index (χ4v) is 3.68. The molecule has 26 heavy (non-hydrogen) atoms. The molecular formula is C17H15N5O3S. The van der Waals surface area contributed by atoms with Crippen LogP contribution in [0.5, 0.6) is 11.5 Å². The van der Waals surface area contributed by atoms with Gasteiger partial charge >= 0.3 is 5.69 Å². The van der Waals surface area contributed by atoms with E-state index in [1.807, 2.05) is 25.1 Å². The number of rotatable bonds is 4. The molecule has 0 fully saturated rings. The van der Waals surface area contributed by atoms with Crippen LogP contribution < -0.4 is 15.2 Å². The number of aromatic nitrogens is 5. The van der Waals surface area contributed by atoms with Crippen LogP contribution >= 0.6 is 11.3 Å². The zero-order valence-corrected chi connectivity index (χ0v) is 15.1. The van der Waals surface area contributed by atoms with Gasteiger partial charge in [0, 0.05) is 23.5 Å². The van der Waals surface area contributed by atoms with E-state index in [0.29, 0.717) is 11.5 Å². The highest BCUT2D eigenvalue weighted by molar-refractivity contribution is 7.19. The maximum atomic E-state index is 11.2. The number of benzene rings is 1. The summed E-state index contributed by atoms with van der Waals surface area (Å²) in [7, 11) is 3.20. The van der Waals surface area contributed by atoms with Gasteiger partial charge in [0.25, 0.3) is 0 Å². The summed E-state index contributed by atoms with van der Waals surface area (Å²) in [5.41, 5.74) is 2.87. The first-order valence-corrected chi connectivity index (χ1v) is 8.56. The van der Waals surface area contributed by atoms with Gasteiger partial charge in [0.05, 0.1) is 25.6 Å². The van der Waals surface area contributed by atoms with E-state index in [2.05, 4.69) is 20.1 Å². The van der Waals surface area contributed by atoms with Gasteiger partial charge in [-0.25, -0.2) is 19.3 Å². The fraction of sp³-hybridized carbons (Fsp3) is 0.176. The number of aromatic amines is 1. The molecular weight excluding hydrogens is 354 g/mol. The standard InChI is InChI=1S/C17H15N5O3S/c1-9-14(11-7-18-16(23)19-8-11)22-17(20-9)26-15(21-22)10-4-5-12(24-2)13(6-10)25-3/h4-8H,1-3H3,(H,18,19,23). The molecule has 9 heteroatoms. The molecule has 0 saturated carbocycles. The Morgan fingerprint density at radius 2 is 1.96 bits per heavy atom. The van der Waals surface area contributed by atoms with Gasteiger partial charge in [-0.1, -0.05) is 11.3 Å². The average molecular weight is 369 g/mol. The van der Waals surface area contributed by atoms with Crippen LogP contribution in [0.4, 0.5) is 0 Å². The van der Waals surface area contributed by atoms with E-state index in [9.17, 15) is 4.79 Å². The molecule has 3 heterocycles. The summed E-state index contributed by atoms with van der Waals surface area (Å²) in [6, 6.07) is 5.65. The van der Waals surface area contributed by atoms with Gasteiger partial charge in [0.15, 0.2) is 11.5 Å². The Bertz CT molecular complexity index is 1140. The summed E-state index contributed by atoms with van der Waals surface area (Å²) >= 11 is 1.47. The predicted octanol–water partition coefficient (Wildman–Crippen LogP) is 2.53. The normalized spacial score (nSPS) is 11.0. The van der Waals surface area contributed by atoms with E-state index < -0.39 is 5.69 Å². The number of fused-ring (bicyclic) bond motifs is 1. The Kier molecular flexibility index (Phi) is 3.92. The molecule has 0 radical (unpaired) electrons. The molecule has 0 spiro atoms. The number of hydrogen-bond acceptors (Lipinski definition) is 7. The summed E-state index contributed by atoms with van der Waals surface area (Å²) in [4.78, 5) is 22.9. The summed E-state index contributed by atoms with van der Waals surface area (Å²) in [6.07, 6.45) is 3.13. The van der Waals surface area contributed by atoms with Crippen molar-refractivity contribution in [3.8, 4) is 33.3 Å². The zero-order valence-electron chi connectivity index (χ0n) is 14.3. The van der Waals surface area contributed by atoms with Gasteiger partial charge in [-0.15, -0.1) is 0 Å². The van der Waals surface area contributed by atoms with E-state index in [4.69, 9.17) is 9.47 Å². The molecule has 0 amide bonds. The van der Waals surface area contributed by atoms with Crippen LogP contribution in [-0.2, 0) is 0 Å². The summed E-state index contributed by atoms with van der Waals surface area (Å²) < 4.78 is 12.4. The Labute approximate surface area is 152 Å².